The molecule has 1 aromatic rings. The van der Waals surface area contributed by atoms with E-state index in [1.165, 1.54) is 13.2 Å². The molecule has 0 aliphatic carbocycles. The van der Waals surface area contributed by atoms with Crippen LogP contribution in [0.25, 0.3) is 0 Å². The largest absolute Gasteiger partial charge is 0.497 e. The second-order valence-corrected chi connectivity index (χ2v) is 5.84. The van der Waals surface area contributed by atoms with E-state index < -0.39 is 0 Å². The van der Waals surface area contributed by atoms with Crippen LogP contribution < -0.4 is 10.1 Å². The van der Waals surface area contributed by atoms with Crippen LogP contribution in [0.4, 0.5) is 4.39 Å². The number of halogens is 1. The van der Waals surface area contributed by atoms with Crippen LogP contribution in [0.2, 0.25) is 0 Å². The minimum absolute atomic E-state index is 0.147. The van der Waals surface area contributed by atoms with Crippen LogP contribution in [-0.2, 0) is 11.3 Å². The van der Waals surface area contributed by atoms with E-state index in [0.717, 1.165) is 25.9 Å². The molecule has 1 N–H and O–H groups in total. The van der Waals surface area contributed by atoms with Crippen molar-refractivity contribution in [1.29, 1.82) is 0 Å². The van der Waals surface area contributed by atoms with Gasteiger partial charge in [-0.2, -0.15) is 0 Å². The predicted molar refractivity (Wildman–Crippen MR) is 77.5 cm³/mol. The van der Waals surface area contributed by atoms with E-state index in [1.807, 2.05) is 4.90 Å². The van der Waals surface area contributed by atoms with Crippen LogP contribution in [0.5, 0.6) is 5.75 Å². The average Bonchev–Trinajstić information content (AvgIpc) is 2.51. The maximum Gasteiger partial charge on any atom is 0.223 e. The van der Waals surface area contributed by atoms with Gasteiger partial charge in [-0.3, -0.25) is 4.79 Å². The molecule has 0 aromatic heterocycles. The highest BCUT2D eigenvalue weighted by atomic mass is 19.1. The fourth-order valence-electron chi connectivity index (χ4n) is 3.42. The molecule has 2 aliphatic rings. The van der Waals surface area contributed by atoms with Gasteiger partial charge in [0.25, 0.3) is 0 Å². The van der Waals surface area contributed by atoms with Gasteiger partial charge in [-0.1, -0.05) is 6.07 Å². The van der Waals surface area contributed by atoms with Crippen molar-refractivity contribution >= 4 is 5.91 Å². The Labute approximate surface area is 124 Å². The molecule has 4 nitrogen and oxygen atoms in total. The van der Waals surface area contributed by atoms with Crippen LogP contribution >= 0.6 is 0 Å². The first-order chi connectivity index (χ1) is 10.2. The van der Waals surface area contributed by atoms with Gasteiger partial charge in [-0.15, -0.1) is 0 Å². The maximum atomic E-state index is 14.1. The second kappa shape index (κ2) is 6.02. The van der Waals surface area contributed by atoms with Crippen molar-refractivity contribution < 1.29 is 13.9 Å². The average molecular weight is 292 g/mol. The van der Waals surface area contributed by atoms with E-state index in [2.05, 4.69) is 5.32 Å². The molecule has 2 heterocycles. The monoisotopic (exact) mass is 292 g/mol. The predicted octanol–water partition coefficient (Wildman–Crippen LogP) is 1.93. The molecule has 0 radical (unpaired) electrons. The Hall–Kier alpha value is -1.62. The molecule has 2 atom stereocenters. The van der Waals surface area contributed by atoms with Crippen molar-refractivity contribution in [2.45, 2.75) is 31.8 Å². The lowest BCUT2D eigenvalue weighted by molar-refractivity contribution is -0.140. The number of benzene rings is 1. The number of nitrogens with one attached hydrogen (secondary N) is 1. The normalized spacial score (nSPS) is 25.6. The number of rotatable bonds is 3. The van der Waals surface area contributed by atoms with Gasteiger partial charge >= 0.3 is 0 Å². The molecule has 2 aliphatic heterocycles. The molecule has 0 saturated carbocycles. The van der Waals surface area contributed by atoms with Gasteiger partial charge in [0, 0.05) is 30.6 Å². The zero-order valence-electron chi connectivity index (χ0n) is 12.3. The van der Waals surface area contributed by atoms with Gasteiger partial charge in [0.2, 0.25) is 5.91 Å². The number of piperidine rings is 2. The van der Waals surface area contributed by atoms with E-state index in [1.54, 1.807) is 12.1 Å². The lowest BCUT2D eigenvalue weighted by Gasteiger charge is -2.44. The fraction of sp³-hybridized carbons (Fsp3) is 0.562. The minimum Gasteiger partial charge on any atom is -0.497 e. The Kier molecular flexibility index (Phi) is 4.10. The van der Waals surface area contributed by atoms with E-state index in [9.17, 15) is 9.18 Å². The van der Waals surface area contributed by atoms with Crippen molar-refractivity contribution in [3.63, 3.8) is 0 Å². The van der Waals surface area contributed by atoms with Gasteiger partial charge in [-0.05, 0) is 37.9 Å². The quantitative estimate of drug-likeness (QED) is 0.925. The van der Waals surface area contributed by atoms with Crippen LogP contribution in [0.15, 0.2) is 18.2 Å². The molecule has 1 amide bonds. The number of fused-ring (bicyclic) bond motifs is 1. The van der Waals surface area contributed by atoms with Crippen molar-refractivity contribution in [3.05, 3.63) is 29.6 Å². The van der Waals surface area contributed by atoms with Gasteiger partial charge in [0.1, 0.15) is 11.6 Å². The molecule has 2 fully saturated rings. The summed E-state index contributed by atoms with van der Waals surface area (Å²) in [5.74, 6) is 0.838. The third-order valence-corrected chi connectivity index (χ3v) is 4.62. The molecule has 114 valence electrons. The lowest BCUT2D eigenvalue weighted by Crippen LogP contribution is -2.54. The van der Waals surface area contributed by atoms with Crippen molar-refractivity contribution in [3.8, 4) is 5.75 Å². The summed E-state index contributed by atoms with van der Waals surface area (Å²) in [6.45, 7) is 2.24. The summed E-state index contributed by atoms with van der Waals surface area (Å²) >= 11 is 0. The molecular weight excluding hydrogens is 271 g/mol. The Bertz CT molecular complexity index is 535. The van der Waals surface area contributed by atoms with E-state index in [4.69, 9.17) is 4.74 Å². The van der Waals surface area contributed by atoms with Crippen LogP contribution in [0.1, 0.15) is 24.8 Å². The highest BCUT2D eigenvalue weighted by molar-refractivity contribution is 5.77. The number of hydrogen-bond donors (Lipinski definition) is 1. The summed E-state index contributed by atoms with van der Waals surface area (Å²) in [5, 5.41) is 3.38. The molecule has 3 rings (SSSR count). The molecule has 0 spiro atoms. The number of hydrogen-bond acceptors (Lipinski definition) is 3. The fourth-order valence-corrected chi connectivity index (χ4v) is 3.42. The van der Waals surface area contributed by atoms with Gasteiger partial charge in [-0.25, -0.2) is 4.39 Å². The van der Waals surface area contributed by atoms with Crippen LogP contribution in [0, 0.1) is 11.7 Å². The number of likely N-dealkylation sites (tertiary alicyclic amines) is 1. The van der Waals surface area contributed by atoms with Gasteiger partial charge in [0.15, 0.2) is 0 Å². The minimum atomic E-state index is -0.307. The van der Waals surface area contributed by atoms with Crippen LogP contribution in [0.3, 0.4) is 0 Å². The molecule has 1 aromatic carbocycles. The molecule has 5 heteroatoms. The van der Waals surface area contributed by atoms with Gasteiger partial charge < -0.3 is 15.0 Å². The maximum absolute atomic E-state index is 14.1. The summed E-state index contributed by atoms with van der Waals surface area (Å²) in [6.07, 6.45) is 2.47. The molecule has 2 unspecified atom stereocenters. The van der Waals surface area contributed by atoms with Crippen molar-refractivity contribution in [2.75, 3.05) is 20.2 Å². The molecular formula is C16H21FN2O2. The summed E-state index contributed by atoms with van der Waals surface area (Å²) in [7, 11) is 1.52. The number of nitrogens with zero attached hydrogens (tertiary/aromatic N) is 1. The van der Waals surface area contributed by atoms with E-state index >= 15 is 0 Å². The SMILES string of the molecule is COc1ccc(CN2C(=O)CCC3CNCCC32)c(F)c1. The number of carbonyl (C=O) groups is 1. The highest BCUT2D eigenvalue weighted by Gasteiger charge is 2.37. The molecule has 21 heavy (non-hydrogen) atoms. The summed E-state index contributed by atoms with van der Waals surface area (Å²) < 4.78 is 19.1. The Morgan fingerprint density at radius 3 is 3.05 bits per heavy atom. The third-order valence-electron chi connectivity index (χ3n) is 4.62. The summed E-state index contributed by atoms with van der Waals surface area (Å²) in [5.41, 5.74) is 0.559. The first-order valence-corrected chi connectivity index (χ1v) is 7.51. The Balaban J connectivity index is 1.79. The highest BCUT2D eigenvalue weighted by Crippen LogP contribution is 2.30. The van der Waals surface area contributed by atoms with Crippen molar-refractivity contribution in [1.82, 2.24) is 10.2 Å². The number of methoxy groups -OCH3 is 1. The van der Waals surface area contributed by atoms with Crippen molar-refractivity contribution in [2.24, 2.45) is 5.92 Å². The van der Waals surface area contributed by atoms with E-state index in [0.29, 0.717) is 30.2 Å². The zero-order chi connectivity index (χ0) is 14.8. The first kappa shape index (κ1) is 14.3. The second-order valence-electron chi connectivity index (χ2n) is 5.84. The Morgan fingerprint density at radius 1 is 1.43 bits per heavy atom. The molecule has 2 saturated heterocycles. The topological polar surface area (TPSA) is 41.6 Å². The number of ether oxygens (including phenoxy) is 1. The number of carbonyl (C=O) groups excluding carboxylic acids is 1. The van der Waals surface area contributed by atoms with Crippen LogP contribution in [-0.4, -0.2) is 37.0 Å². The first-order valence-electron chi connectivity index (χ1n) is 7.51. The van der Waals surface area contributed by atoms with Gasteiger partial charge in [0.05, 0.1) is 7.11 Å². The Morgan fingerprint density at radius 2 is 2.29 bits per heavy atom. The third kappa shape index (κ3) is 2.88. The standard InChI is InChI=1S/C16H21FN2O2/c1-21-13-4-2-12(14(17)8-13)10-19-15-6-7-18-9-11(15)3-5-16(19)20/h2,4,8,11,15,18H,3,5-7,9-10H2,1H3. The smallest absolute Gasteiger partial charge is 0.223 e. The molecule has 0 bridgehead atoms. The lowest BCUT2D eigenvalue weighted by atomic mass is 9.84. The zero-order valence-corrected chi connectivity index (χ0v) is 12.3. The summed E-state index contributed by atoms with van der Waals surface area (Å²) in [6, 6.07) is 5.08. The summed E-state index contributed by atoms with van der Waals surface area (Å²) in [4.78, 5) is 14.1. The number of amides is 1. The van der Waals surface area contributed by atoms with E-state index in [-0.39, 0.29) is 17.8 Å².